The molecule has 12 rings (SSSR count). The Morgan fingerprint density at radius 2 is 0.537 bits per heavy atom. The van der Waals surface area contributed by atoms with Gasteiger partial charge in [0.25, 0.3) is 0 Å². The van der Waals surface area contributed by atoms with E-state index in [0.717, 1.165) is 49.4 Å². The fraction of sp³-hybridized carbons (Fsp3) is 0.263. The van der Waals surface area contributed by atoms with Gasteiger partial charge in [0.05, 0.1) is 0 Å². The van der Waals surface area contributed by atoms with Crippen molar-refractivity contribution in [2.75, 3.05) is 0 Å². The number of hydrogen-bond donors (Lipinski definition) is 0. The quantitative estimate of drug-likeness (QED) is 0.174. The largest absolute Gasteiger partial charge is 0.344 e. The van der Waals surface area contributed by atoms with Gasteiger partial charge in [0.2, 0.25) is 17.9 Å². The molecule has 67 heavy (non-hydrogen) atoms. The number of guanidine groups is 3. The molecular formula is C57H54N10. The van der Waals surface area contributed by atoms with Crippen molar-refractivity contribution < 1.29 is 0 Å². The van der Waals surface area contributed by atoms with Crippen LogP contribution in [-0.4, -0.2) is 54.0 Å². The average Bonchev–Trinajstić information content (AvgIpc) is 3.86. The van der Waals surface area contributed by atoms with Crippen LogP contribution >= 0.6 is 0 Å². The lowest BCUT2D eigenvalue weighted by molar-refractivity contribution is 0.591. The molecular weight excluding hydrogens is 825 g/mol. The summed E-state index contributed by atoms with van der Waals surface area (Å²) in [5.74, 6) is 2.85. The van der Waals surface area contributed by atoms with Gasteiger partial charge in [-0.15, -0.1) is 0 Å². The number of rotatable bonds is 3. The molecule has 0 saturated heterocycles. The van der Waals surface area contributed by atoms with Crippen molar-refractivity contribution in [2.24, 2.45) is 51.1 Å². The Balaban J connectivity index is 1.05. The number of aryl methyl sites for hydroxylation is 3. The standard InChI is InChI=1S/C57H54N10/c1-55(2,3)34-16-22-46-40(28-34)37-25-31(13-19-43(37)64(46)10)49-58-52-60-50(32-14-20-44-38(26-32)41-29-35(56(4,5)6)17-23-47(41)65(44)11)62-54-63-51(61-53(59-49)67(52)54)33-15-21-45-39(27-33)42-30-36(57(7,8)9)18-24-48(42)66(45)12/h13-30H,1-12H3. The Kier molecular flexibility index (Phi) is 8.44. The first-order chi connectivity index (χ1) is 31.8. The molecule has 332 valence electrons. The molecule has 6 heterocycles. The highest BCUT2D eigenvalue weighted by molar-refractivity contribution is 6.35. The molecule has 0 aliphatic carbocycles. The number of nitrogens with zero attached hydrogens (tertiary/aromatic N) is 10. The lowest BCUT2D eigenvalue weighted by atomic mass is 9.86. The van der Waals surface area contributed by atoms with E-state index in [9.17, 15) is 0 Å². The van der Waals surface area contributed by atoms with Crippen molar-refractivity contribution in [3.8, 4) is 0 Å². The zero-order chi connectivity index (χ0) is 46.6. The third kappa shape index (κ3) is 6.29. The molecule has 0 spiro atoms. The minimum Gasteiger partial charge on any atom is -0.344 e. The van der Waals surface area contributed by atoms with Crippen molar-refractivity contribution in [2.45, 2.75) is 78.6 Å². The fourth-order valence-electron chi connectivity index (χ4n) is 10.1. The number of amidine groups is 3. The summed E-state index contributed by atoms with van der Waals surface area (Å²) in [4.78, 5) is 33.0. The van der Waals surface area contributed by atoms with Crippen LogP contribution in [0.1, 0.15) is 95.7 Å². The molecule has 0 amide bonds. The van der Waals surface area contributed by atoms with Crippen LogP contribution in [-0.2, 0) is 37.4 Å². The van der Waals surface area contributed by atoms with E-state index in [2.05, 4.69) is 206 Å². The minimum absolute atomic E-state index is 0.00615. The summed E-state index contributed by atoms with van der Waals surface area (Å²) in [6.45, 7) is 20.3. The Morgan fingerprint density at radius 1 is 0.299 bits per heavy atom. The molecule has 10 nitrogen and oxygen atoms in total. The van der Waals surface area contributed by atoms with Crippen molar-refractivity contribution in [3.63, 3.8) is 0 Å². The van der Waals surface area contributed by atoms with Crippen LogP contribution in [0.5, 0.6) is 0 Å². The highest BCUT2D eigenvalue weighted by Gasteiger charge is 2.36. The third-order valence-electron chi connectivity index (χ3n) is 14.2. The number of hydrogen-bond acceptors (Lipinski definition) is 7. The topological polar surface area (TPSA) is 92.2 Å². The van der Waals surface area contributed by atoms with Crippen LogP contribution in [0, 0.1) is 0 Å². The minimum atomic E-state index is 0.00615. The Bertz CT molecular complexity index is 3480. The molecule has 0 radical (unpaired) electrons. The molecule has 0 saturated carbocycles. The first-order valence-corrected chi connectivity index (χ1v) is 23.2. The van der Waals surface area contributed by atoms with E-state index in [0.29, 0.717) is 35.4 Å². The number of aliphatic imine (C=N–C) groups is 6. The maximum absolute atomic E-state index is 5.20. The van der Waals surface area contributed by atoms with E-state index in [4.69, 9.17) is 30.0 Å². The third-order valence-corrected chi connectivity index (χ3v) is 14.2. The molecule has 6 aromatic carbocycles. The van der Waals surface area contributed by atoms with Crippen LogP contribution < -0.4 is 0 Å². The van der Waals surface area contributed by atoms with Crippen LogP contribution in [0.25, 0.3) is 65.4 Å². The number of aromatic nitrogens is 3. The van der Waals surface area contributed by atoms with Gasteiger partial charge in [0.1, 0.15) is 0 Å². The Labute approximate surface area is 390 Å². The summed E-state index contributed by atoms with van der Waals surface area (Å²) in [5, 5.41) is 7.03. The maximum atomic E-state index is 5.20. The normalized spacial score (nSPS) is 15.7. The predicted molar refractivity (Wildman–Crippen MR) is 281 cm³/mol. The summed E-state index contributed by atoms with van der Waals surface area (Å²) >= 11 is 0. The van der Waals surface area contributed by atoms with Gasteiger partial charge >= 0.3 is 0 Å². The second-order valence-corrected chi connectivity index (χ2v) is 21.7. The highest BCUT2D eigenvalue weighted by Crippen LogP contribution is 2.37. The van der Waals surface area contributed by atoms with Crippen molar-refractivity contribution in [1.29, 1.82) is 0 Å². The molecule has 9 aromatic rings. The van der Waals surface area contributed by atoms with E-state index in [1.807, 2.05) is 0 Å². The van der Waals surface area contributed by atoms with Crippen LogP contribution in [0.15, 0.2) is 139 Å². The van der Waals surface area contributed by atoms with Crippen molar-refractivity contribution in [1.82, 2.24) is 18.6 Å². The summed E-state index contributed by atoms with van der Waals surface area (Å²) in [5.41, 5.74) is 13.5. The average molecular weight is 879 g/mol. The van der Waals surface area contributed by atoms with Crippen LogP contribution in [0.2, 0.25) is 0 Å². The van der Waals surface area contributed by atoms with Gasteiger partial charge in [-0.3, -0.25) is 0 Å². The van der Waals surface area contributed by atoms with Crippen LogP contribution in [0.4, 0.5) is 0 Å². The van der Waals surface area contributed by atoms with E-state index < -0.39 is 0 Å². The van der Waals surface area contributed by atoms with E-state index in [1.165, 1.54) is 49.4 Å². The molecule has 10 heteroatoms. The smallest absolute Gasteiger partial charge is 0.243 e. The molecule has 0 bridgehead atoms. The van der Waals surface area contributed by atoms with E-state index in [-0.39, 0.29) is 16.2 Å². The number of benzene rings is 6. The monoisotopic (exact) mass is 878 g/mol. The van der Waals surface area contributed by atoms with Gasteiger partial charge in [0.15, 0.2) is 17.5 Å². The van der Waals surface area contributed by atoms with Gasteiger partial charge in [-0.1, -0.05) is 80.5 Å². The molecule has 3 aliphatic rings. The summed E-state index contributed by atoms with van der Waals surface area (Å²) < 4.78 is 6.79. The van der Waals surface area contributed by atoms with Gasteiger partial charge in [0, 0.05) is 103 Å². The zero-order valence-electron chi connectivity index (χ0n) is 40.4. The summed E-state index contributed by atoms with van der Waals surface area (Å²) in [7, 11) is 6.39. The van der Waals surface area contributed by atoms with E-state index >= 15 is 0 Å². The van der Waals surface area contributed by atoms with Gasteiger partial charge < -0.3 is 13.7 Å². The highest BCUT2D eigenvalue weighted by atomic mass is 15.5. The first kappa shape index (κ1) is 41.0. The molecule has 3 aliphatic heterocycles. The summed E-state index contributed by atoms with van der Waals surface area (Å²) in [6, 6.07) is 39.9. The molecule has 0 atom stereocenters. The molecule has 3 aromatic heterocycles. The van der Waals surface area contributed by atoms with E-state index in [1.54, 1.807) is 4.90 Å². The zero-order valence-corrected chi connectivity index (χ0v) is 40.4. The summed E-state index contributed by atoms with van der Waals surface area (Å²) in [6.07, 6.45) is 0. The lowest BCUT2D eigenvalue weighted by Crippen LogP contribution is -2.48. The SMILES string of the molecule is Cn1c2ccc(C3=NC4=NC(c5ccc6c(c5)c5cc(C(C)(C)C)ccc5n6C)=NC5=NC(c6ccc7c(c6)c6cc(C(C)(C)C)ccc6n7C)=NC(=N3)N45)cc2c2cc(C(C)(C)C)ccc21. The second-order valence-electron chi connectivity index (χ2n) is 21.7. The Morgan fingerprint density at radius 3 is 0.791 bits per heavy atom. The molecule has 0 fully saturated rings. The molecule has 0 N–H and O–H groups in total. The predicted octanol–water partition coefficient (Wildman–Crippen LogP) is 12.6. The van der Waals surface area contributed by atoms with Gasteiger partial charge in [-0.2, -0.15) is 30.0 Å². The second kappa shape index (κ2) is 13.8. The maximum Gasteiger partial charge on any atom is 0.243 e. The Hall–Kier alpha value is -7.46. The first-order valence-electron chi connectivity index (χ1n) is 23.2. The van der Waals surface area contributed by atoms with Gasteiger partial charge in [-0.05, 0) is 124 Å². The van der Waals surface area contributed by atoms with Gasteiger partial charge in [-0.25, -0.2) is 4.90 Å². The van der Waals surface area contributed by atoms with Crippen molar-refractivity contribution >= 4 is 101 Å². The lowest BCUT2D eigenvalue weighted by Gasteiger charge is -2.30. The van der Waals surface area contributed by atoms with Crippen molar-refractivity contribution in [3.05, 3.63) is 143 Å². The van der Waals surface area contributed by atoms with Crippen LogP contribution in [0.3, 0.4) is 0 Å². The molecule has 0 unspecified atom stereocenters. The number of fused-ring (bicyclic) bond motifs is 9. The fourth-order valence-corrected chi connectivity index (χ4v) is 10.1.